The summed E-state index contributed by atoms with van der Waals surface area (Å²) in [5.41, 5.74) is 9.38. The molecule has 0 amide bonds. The van der Waals surface area contributed by atoms with Gasteiger partial charge in [0.05, 0.1) is 28.0 Å². The number of aromatic nitrogens is 4. The number of H-pyrrole nitrogens is 2. The highest BCUT2D eigenvalue weighted by Gasteiger charge is 2.24. The molecule has 0 spiro atoms. The lowest BCUT2D eigenvalue weighted by atomic mass is 10.0. The van der Waals surface area contributed by atoms with E-state index in [1.54, 1.807) is 18.2 Å². The van der Waals surface area contributed by atoms with Crippen LogP contribution in [0, 0.1) is 5.41 Å². The van der Waals surface area contributed by atoms with E-state index in [4.69, 9.17) is 30.6 Å². The first-order chi connectivity index (χ1) is 15.0. The van der Waals surface area contributed by atoms with Gasteiger partial charge in [-0.15, -0.1) is 0 Å². The van der Waals surface area contributed by atoms with Gasteiger partial charge in [-0.05, 0) is 42.5 Å². The van der Waals surface area contributed by atoms with Crippen molar-refractivity contribution in [3.05, 3.63) is 83.3 Å². The number of nitrogens with one attached hydrogen (secondary N) is 3. The van der Waals surface area contributed by atoms with E-state index in [1.165, 1.54) is 6.07 Å². The Morgan fingerprint density at radius 3 is 2.42 bits per heavy atom. The van der Waals surface area contributed by atoms with Gasteiger partial charge in [-0.1, -0.05) is 12.1 Å². The molecule has 154 valence electrons. The number of nitrogen functional groups attached to an aromatic ring is 1. The lowest BCUT2D eigenvalue weighted by Gasteiger charge is -2.10. The highest BCUT2D eigenvalue weighted by molar-refractivity contribution is 5.98. The van der Waals surface area contributed by atoms with Crippen LogP contribution in [0.2, 0.25) is 0 Å². The van der Waals surface area contributed by atoms with Crippen LogP contribution in [0.3, 0.4) is 0 Å². The molecule has 1 atom stereocenters. The molecule has 3 heterocycles. The third-order valence-corrected chi connectivity index (χ3v) is 5.16. The summed E-state index contributed by atoms with van der Waals surface area (Å²) in [6.07, 6.45) is 0.354. The molecule has 31 heavy (non-hydrogen) atoms. The standard InChI is InChI=1S/C22H18N6O3/c23-19(24)11-5-7-16-17(9-11)28-21(27-16)13(10-12-6-8-18(31-12)22(29)30)20-25-14-3-1-2-4-15(14)26-20/h1-9,13H,10H2,(H3,23,24)(H,25,26)(H,27,28)(H,29,30). The molecule has 9 heteroatoms. The van der Waals surface area contributed by atoms with Crippen molar-refractivity contribution in [2.45, 2.75) is 12.3 Å². The van der Waals surface area contributed by atoms with Crippen molar-refractivity contribution < 1.29 is 14.3 Å². The van der Waals surface area contributed by atoms with Crippen molar-refractivity contribution in [3.63, 3.8) is 0 Å². The number of aromatic amines is 2. The maximum absolute atomic E-state index is 11.2. The predicted octanol–water partition coefficient (Wildman–Crippen LogP) is 3.39. The van der Waals surface area contributed by atoms with Crippen LogP contribution in [-0.2, 0) is 6.42 Å². The van der Waals surface area contributed by atoms with Crippen molar-refractivity contribution in [3.8, 4) is 0 Å². The van der Waals surface area contributed by atoms with E-state index in [-0.39, 0.29) is 17.5 Å². The largest absolute Gasteiger partial charge is 0.475 e. The smallest absolute Gasteiger partial charge is 0.371 e. The minimum atomic E-state index is -1.12. The highest BCUT2D eigenvalue weighted by atomic mass is 16.4. The number of nitrogens with zero attached hydrogens (tertiary/aromatic N) is 2. The van der Waals surface area contributed by atoms with E-state index < -0.39 is 5.97 Å². The van der Waals surface area contributed by atoms with Gasteiger partial charge in [-0.2, -0.15) is 0 Å². The number of nitrogens with two attached hydrogens (primary N) is 1. The Bertz CT molecular complexity index is 1410. The second-order valence-electron chi connectivity index (χ2n) is 7.23. The molecule has 5 rings (SSSR count). The number of aromatic carboxylic acids is 1. The number of carboxylic acids is 1. The molecule has 6 N–H and O–H groups in total. The molecule has 0 radical (unpaired) electrons. The quantitative estimate of drug-likeness (QED) is 0.212. The molecule has 0 saturated heterocycles. The molecular formula is C22H18N6O3. The summed E-state index contributed by atoms with van der Waals surface area (Å²) in [5.74, 6) is 0.225. The highest BCUT2D eigenvalue weighted by Crippen LogP contribution is 2.29. The van der Waals surface area contributed by atoms with Gasteiger partial charge in [0.1, 0.15) is 23.2 Å². The summed E-state index contributed by atoms with van der Waals surface area (Å²) >= 11 is 0. The molecule has 5 aromatic rings. The first kappa shape index (κ1) is 18.6. The van der Waals surface area contributed by atoms with E-state index in [0.29, 0.717) is 34.9 Å². The number of imidazole rings is 2. The SMILES string of the molecule is N=C(N)c1ccc2[nH]c(C(Cc3ccc(C(=O)O)o3)c3nc4ccccc4[nH]3)nc2c1. The van der Waals surface area contributed by atoms with Crippen LogP contribution in [0.25, 0.3) is 22.1 Å². The van der Waals surface area contributed by atoms with Gasteiger partial charge in [-0.3, -0.25) is 5.41 Å². The third-order valence-electron chi connectivity index (χ3n) is 5.16. The Kier molecular flexibility index (Phi) is 4.28. The zero-order chi connectivity index (χ0) is 21.5. The fraction of sp³-hybridized carbons (Fsp3) is 0.0909. The zero-order valence-corrected chi connectivity index (χ0v) is 16.2. The van der Waals surface area contributed by atoms with Gasteiger partial charge in [0, 0.05) is 12.0 Å². The first-order valence-electron chi connectivity index (χ1n) is 9.58. The second kappa shape index (κ2) is 7.13. The van der Waals surface area contributed by atoms with Crippen LogP contribution in [0.5, 0.6) is 0 Å². The maximum atomic E-state index is 11.2. The molecule has 9 nitrogen and oxygen atoms in total. The summed E-state index contributed by atoms with van der Waals surface area (Å²) in [6.45, 7) is 0. The molecule has 3 aromatic heterocycles. The first-order valence-corrected chi connectivity index (χ1v) is 9.58. The molecule has 1 unspecified atom stereocenters. The van der Waals surface area contributed by atoms with Crippen molar-refractivity contribution in [1.29, 1.82) is 5.41 Å². The number of fused-ring (bicyclic) bond motifs is 2. The Morgan fingerprint density at radius 1 is 1.03 bits per heavy atom. The number of carboxylic acid groups (broad SMARTS) is 1. The Hall–Kier alpha value is -4.40. The summed E-state index contributed by atoms with van der Waals surface area (Å²) in [6, 6.07) is 16.1. The second-order valence-corrected chi connectivity index (χ2v) is 7.23. The predicted molar refractivity (Wildman–Crippen MR) is 114 cm³/mol. The number of benzene rings is 2. The van der Waals surface area contributed by atoms with E-state index in [0.717, 1.165) is 16.6 Å². The molecule has 0 fully saturated rings. The number of para-hydroxylation sites is 2. The molecular weight excluding hydrogens is 396 g/mol. The van der Waals surface area contributed by atoms with Gasteiger partial charge < -0.3 is 25.2 Å². The summed E-state index contributed by atoms with van der Waals surface area (Å²) in [4.78, 5) is 27.3. The van der Waals surface area contributed by atoms with Crippen LogP contribution in [0.4, 0.5) is 0 Å². The fourth-order valence-corrected chi connectivity index (χ4v) is 3.62. The Labute approximate surface area is 175 Å². The summed E-state index contributed by atoms with van der Waals surface area (Å²) in [5, 5.41) is 16.8. The summed E-state index contributed by atoms with van der Waals surface area (Å²) in [7, 11) is 0. The van der Waals surface area contributed by atoms with E-state index in [2.05, 4.69) is 9.97 Å². The maximum Gasteiger partial charge on any atom is 0.371 e. The van der Waals surface area contributed by atoms with Crippen molar-refractivity contribution in [2.75, 3.05) is 0 Å². The van der Waals surface area contributed by atoms with E-state index in [1.807, 2.05) is 30.3 Å². The van der Waals surface area contributed by atoms with E-state index >= 15 is 0 Å². The van der Waals surface area contributed by atoms with Crippen LogP contribution in [-0.4, -0.2) is 36.8 Å². The van der Waals surface area contributed by atoms with E-state index in [9.17, 15) is 4.79 Å². The minimum absolute atomic E-state index is 0.0305. The number of furan rings is 1. The summed E-state index contributed by atoms with van der Waals surface area (Å²) < 4.78 is 5.49. The van der Waals surface area contributed by atoms with Crippen LogP contribution >= 0.6 is 0 Å². The van der Waals surface area contributed by atoms with Crippen molar-refractivity contribution in [2.24, 2.45) is 5.73 Å². The number of hydrogen-bond acceptors (Lipinski definition) is 5. The topological polar surface area (TPSA) is 158 Å². The zero-order valence-electron chi connectivity index (χ0n) is 16.2. The number of hydrogen-bond donors (Lipinski definition) is 5. The molecule has 0 aliphatic carbocycles. The van der Waals surface area contributed by atoms with Gasteiger partial charge in [-0.25, -0.2) is 14.8 Å². The lowest BCUT2D eigenvalue weighted by Crippen LogP contribution is -2.10. The minimum Gasteiger partial charge on any atom is -0.475 e. The third kappa shape index (κ3) is 3.42. The Morgan fingerprint density at radius 2 is 1.74 bits per heavy atom. The molecule has 0 aliphatic heterocycles. The fourth-order valence-electron chi connectivity index (χ4n) is 3.62. The monoisotopic (exact) mass is 414 g/mol. The van der Waals surface area contributed by atoms with Crippen LogP contribution in [0.15, 0.2) is 59.0 Å². The average molecular weight is 414 g/mol. The van der Waals surface area contributed by atoms with Gasteiger partial charge in [0.2, 0.25) is 5.76 Å². The number of carbonyl (C=O) groups is 1. The lowest BCUT2D eigenvalue weighted by molar-refractivity contribution is 0.0660. The van der Waals surface area contributed by atoms with Gasteiger partial charge >= 0.3 is 5.97 Å². The molecule has 0 bridgehead atoms. The van der Waals surface area contributed by atoms with Crippen molar-refractivity contribution >= 4 is 33.9 Å². The number of rotatable bonds is 6. The molecule has 2 aromatic carbocycles. The van der Waals surface area contributed by atoms with Crippen LogP contribution < -0.4 is 5.73 Å². The average Bonchev–Trinajstić information content (AvgIpc) is 3.48. The normalized spacial score (nSPS) is 12.4. The van der Waals surface area contributed by atoms with Crippen molar-refractivity contribution in [1.82, 2.24) is 19.9 Å². The number of amidine groups is 1. The Balaban J connectivity index is 1.60. The molecule has 0 aliphatic rings. The molecule has 0 saturated carbocycles. The van der Waals surface area contributed by atoms with Gasteiger partial charge in [0.15, 0.2) is 0 Å². The van der Waals surface area contributed by atoms with Crippen LogP contribution in [0.1, 0.15) is 39.4 Å². The van der Waals surface area contributed by atoms with Gasteiger partial charge in [0.25, 0.3) is 0 Å².